The maximum atomic E-state index is 12.0. The second kappa shape index (κ2) is 7.65. The lowest BCUT2D eigenvalue weighted by molar-refractivity contribution is -0.142. The van der Waals surface area contributed by atoms with Crippen LogP contribution in [0, 0.1) is 6.92 Å². The molecule has 0 fully saturated rings. The Labute approximate surface area is 120 Å². The number of amides is 1. The van der Waals surface area contributed by atoms with Crippen molar-refractivity contribution in [3.8, 4) is 0 Å². The summed E-state index contributed by atoms with van der Waals surface area (Å²) in [5, 5.41) is 0. The molecule has 1 amide bonds. The van der Waals surface area contributed by atoms with Crippen molar-refractivity contribution in [2.24, 2.45) is 0 Å². The standard InChI is InChI=1S/C15H22N2O3/c1-12-5-7-13(8-6-12)9-17(3)14(18)10-16(2)11-15(19)20-4/h5-8H,9-11H2,1-4H3. The van der Waals surface area contributed by atoms with Gasteiger partial charge in [0.2, 0.25) is 5.91 Å². The molecule has 20 heavy (non-hydrogen) atoms. The summed E-state index contributed by atoms with van der Waals surface area (Å²) in [6.45, 7) is 2.89. The molecular weight excluding hydrogens is 256 g/mol. The third kappa shape index (κ3) is 5.40. The minimum absolute atomic E-state index is 0.0306. The van der Waals surface area contributed by atoms with Crippen molar-refractivity contribution in [1.29, 1.82) is 0 Å². The summed E-state index contributed by atoms with van der Waals surface area (Å²) in [5.74, 6) is -0.376. The molecule has 0 radical (unpaired) electrons. The molecule has 0 bridgehead atoms. The highest BCUT2D eigenvalue weighted by atomic mass is 16.5. The molecule has 0 aromatic heterocycles. The highest BCUT2D eigenvalue weighted by molar-refractivity contribution is 5.79. The van der Waals surface area contributed by atoms with Gasteiger partial charge in [-0.25, -0.2) is 0 Å². The molecule has 0 N–H and O–H groups in total. The topological polar surface area (TPSA) is 49.9 Å². The summed E-state index contributed by atoms with van der Waals surface area (Å²) < 4.78 is 4.56. The number of hydrogen-bond donors (Lipinski definition) is 0. The minimum atomic E-state index is -0.346. The molecule has 5 nitrogen and oxygen atoms in total. The summed E-state index contributed by atoms with van der Waals surface area (Å²) in [7, 11) is 4.81. The van der Waals surface area contributed by atoms with Crippen molar-refractivity contribution in [3.63, 3.8) is 0 Å². The maximum absolute atomic E-state index is 12.0. The SMILES string of the molecule is COC(=O)CN(C)CC(=O)N(C)Cc1ccc(C)cc1. The first kappa shape index (κ1) is 16.2. The van der Waals surface area contributed by atoms with Gasteiger partial charge < -0.3 is 9.64 Å². The molecule has 110 valence electrons. The van der Waals surface area contributed by atoms with E-state index in [0.717, 1.165) is 5.56 Å². The zero-order valence-electron chi connectivity index (χ0n) is 12.5. The smallest absolute Gasteiger partial charge is 0.319 e. The number of carbonyl (C=O) groups excluding carboxylic acids is 2. The highest BCUT2D eigenvalue weighted by Gasteiger charge is 2.14. The van der Waals surface area contributed by atoms with E-state index in [0.29, 0.717) is 6.54 Å². The van der Waals surface area contributed by atoms with Crippen LogP contribution in [0.3, 0.4) is 0 Å². The summed E-state index contributed by atoms with van der Waals surface area (Å²) in [6.07, 6.45) is 0. The number of aryl methyl sites for hydroxylation is 1. The third-order valence-corrected chi connectivity index (χ3v) is 3.00. The first-order valence-electron chi connectivity index (χ1n) is 6.47. The molecule has 1 rings (SSSR count). The Hall–Kier alpha value is -1.88. The molecule has 5 heteroatoms. The summed E-state index contributed by atoms with van der Waals surface area (Å²) >= 11 is 0. The molecule has 0 aliphatic heterocycles. The quantitative estimate of drug-likeness (QED) is 0.730. The van der Waals surface area contributed by atoms with Crippen LogP contribution >= 0.6 is 0 Å². The molecule has 0 saturated heterocycles. The minimum Gasteiger partial charge on any atom is -0.468 e. The molecule has 1 aromatic rings. The fourth-order valence-corrected chi connectivity index (χ4v) is 1.75. The Balaban J connectivity index is 2.46. The lowest BCUT2D eigenvalue weighted by atomic mass is 10.1. The van der Waals surface area contributed by atoms with E-state index in [2.05, 4.69) is 4.74 Å². The predicted octanol–water partition coefficient (Wildman–Crippen LogP) is 1.06. The number of esters is 1. The number of likely N-dealkylation sites (N-methyl/N-ethyl adjacent to an activating group) is 2. The van der Waals surface area contributed by atoms with Crippen molar-refractivity contribution in [1.82, 2.24) is 9.80 Å². The van der Waals surface area contributed by atoms with Crippen LogP contribution < -0.4 is 0 Å². The lowest BCUT2D eigenvalue weighted by Gasteiger charge is -2.21. The van der Waals surface area contributed by atoms with E-state index in [1.807, 2.05) is 31.2 Å². The summed E-state index contributed by atoms with van der Waals surface area (Å²) in [5.41, 5.74) is 2.28. The van der Waals surface area contributed by atoms with Crippen LogP contribution in [0.4, 0.5) is 0 Å². The number of ether oxygens (including phenoxy) is 1. The number of carbonyl (C=O) groups is 2. The molecule has 0 spiro atoms. The van der Waals surface area contributed by atoms with Gasteiger partial charge >= 0.3 is 5.97 Å². The van der Waals surface area contributed by atoms with E-state index < -0.39 is 0 Å². The average Bonchev–Trinajstić information content (AvgIpc) is 2.40. The van der Waals surface area contributed by atoms with Crippen LogP contribution in [0.25, 0.3) is 0 Å². The zero-order valence-corrected chi connectivity index (χ0v) is 12.5. The number of benzene rings is 1. The number of methoxy groups -OCH3 is 1. The average molecular weight is 278 g/mol. The van der Waals surface area contributed by atoms with Crippen LogP contribution in [0.5, 0.6) is 0 Å². The Morgan fingerprint density at radius 3 is 2.25 bits per heavy atom. The summed E-state index contributed by atoms with van der Waals surface area (Å²) in [6, 6.07) is 8.07. The fraction of sp³-hybridized carbons (Fsp3) is 0.467. The van der Waals surface area contributed by atoms with Gasteiger partial charge in [-0.2, -0.15) is 0 Å². The van der Waals surface area contributed by atoms with Gasteiger partial charge in [0.25, 0.3) is 0 Å². The van der Waals surface area contributed by atoms with Crippen molar-refractivity contribution >= 4 is 11.9 Å². The van der Waals surface area contributed by atoms with Crippen LogP contribution in [0.15, 0.2) is 24.3 Å². The predicted molar refractivity (Wildman–Crippen MR) is 77.2 cm³/mol. The van der Waals surface area contributed by atoms with Gasteiger partial charge in [0.05, 0.1) is 20.2 Å². The van der Waals surface area contributed by atoms with Gasteiger partial charge in [-0.1, -0.05) is 29.8 Å². The van der Waals surface area contributed by atoms with E-state index in [4.69, 9.17) is 0 Å². The van der Waals surface area contributed by atoms with E-state index in [1.165, 1.54) is 12.7 Å². The maximum Gasteiger partial charge on any atom is 0.319 e. The monoisotopic (exact) mass is 278 g/mol. The van der Waals surface area contributed by atoms with Gasteiger partial charge in [-0.15, -0.1) is 0 Å². The van der Waals surface area contributed by atoms with E-state index in [-0.39, 0.29) is 25.0 Å². The first-order chi connectivity index (χ1) is 9.42. The molecule has 0 aliphatic carbocycles. The van der Waals surface area contributed by atoms with Crippen LogP contribution in [-0.4, -0.2) is 56.0 Å². The number of nitrogens with zero attached hydrogens (tertiary/aromatic N) is 2. The first-order valence-corrected chi connectivity index (χ1v) is 6.47. The molecule has 0 aliphatic rings. The number of hydrogen-bond acceptors (Lipinski definition) is 4. The van der Waals surface area contributed by atoms with Gasteiger partial charge in [-0.3, -0.25) is 14.5 Å². The van der Waals surface area contributed by atoms with E-state index in [1.54, 1.807) is 23.9 Å². The fourth-order valence-electron chi connectivity index (χ4n) is 1.75. The van der Waals surface area contributed by atoms with Gasteiger partial charge in [0.15, 0.2) is 0 Å². The highest BCUT2D eigenvalue weighted by Crippen LogP contribution is 2.06. The third-order valence-electron chi connectivity index (χ3n) is 3.00. The second-order valence-corrected chi connectivity index (χ2v) is 4.98. The lowest BCUT2D eigenvalue weighted by Crippen LogP contribution is -2.38. The van der Waals surface area contributed by atoms with E-state index >= 15 is 0 Å². The Kier molecular flexibility index (Phi) is 6.18. The molecule has 0 unspecified atom stereocenters. The van der Waals surface area contributed by atoms with E-state index in [9.17, 15) is 9.59 Å². The molecule has 0 atom stereocenters. The number of rotatable bonds is 6. The Bertz CT molecular complexity index is 457. The van der Waals surface area contributed by atoms with Crippen molar-refractivity contribution in [2.75, 3.05) is 34.3 Å². The van der Waals surface area contributed by atoms with Crippen molar-refractivity contribution < 1.29 is 14.3 Å². The van der Waals surface area contributed by atoms with Crippen LogP contribution in [-0.2, 0) is 20.9 Å². The van der Waals surface area contributed by atoms with Gasteiger partial charge in [-0.05, 0) is 19.5 Å². The zero-order chi connectivity index (χ0) is 15.1. The van der Waals surface area contributed by atoms with Gasteiger partial charge in [0, 0.05) is 13.6 Å². The van der Waals surface area contributed by atoms with Crippen molar-refractivity contribution in [2.45, 2.75) is 13.5 Å². The normalized spacial score (nSPS) is 10.4. The van der Waals surface area contributed by atoms with Crippen LogP contribution in [0.1, 0.15) is 11.1 Å². The molecular formula is C15H22N2O3. The van der Waals surface area contributed by atoms with Crippen LogP contribution in [0.2, 0.25) is 0 Å². The Morgan fingerprint density at radius 1 is 1.10 bits per heavy atom. The van der Waals surface area contributed by atoms with Crippen molar-refractivity contribution in [3.05, 3.63) is 35.4 Å². The van der Waals surface area contributed by atoms with Gasteiger partial charge in [0.1, 0.15) is 0 Å². The Morgan fingerprint density at radius 2 is 1.70 bits per heavy atom. The molecule has 0 heterocycles. The summed E-state index contributed by atoms with van der Waals surface area (Å²) in [4.78, 5) is 26.4. The molecule has 0 saturated carbocycles. The molecule has 1 aromatic carbocycles. The second-order valence-electron chi connectivity index (χ2n) is 4.98. The largest absolute Gasteiger partial charge is 0.468 e.